The zero-order valence-corrected chi connectivity index (χ0v) is 14.7. The van der Waals surface area contributed by atoms with Crippen molar-refractivity contribution in [1.29, 1.82) is 0 Å². The van der Waals surface area contributed by atoms with Crippen LogP contribution in [0.1, 0.15) is 27.7 Å². The standard InChI is InChI=1S/C10H19NO2.C7H10O3/c1-5-11(6-2)7-8-13-10(12)9(3)4;1-5(2)7(8)10-4-6-3-9-6/h3,5-8H2,1-2,4H3;6H,1,3-4H2,2H3. The van der Waals surface area contributed by atoms with E-state index < -0.39 is 0 Å². The molecular formula is C17H29NO5. The molecule has 0 bridgehead atoms. The molecule has 1 rings (SSSR count). The second kappa shape index (κ2) is 11.8. The van der Waals surface area contributed by atoms with E-state index in [1.54, 1.807) is 13.8 Å². The fourth-order valence-corrected chi connectivity index (χ4v) is 1.39. The lowest BCUT2D eigenvalue weighted by Crippen LogP contribution is -2.27. The summed E-state index contributed by atoms with van der Waals surface area (Å²) in [5.74, 6) is -0.636. The molecule has 0 aromatic rings. The number of ether oxygens (including phenoxy) is 3. The van der Waals surface area contributed by atoms with Crippen LogP contribution in [0.3, 0.4) is 0 Å². The number of likely N-dealkylation sites (N-methyl/N-ethyl adjacent to an activating group) is 1. The van der Waals surface area contributed by atoms with Crippen molar-refractivity contribution in [1.82, 2.24) is 4.90 Å². The van der Waals surface area contributed by atoms with Crippen molar-refractivity contribution >= 4 is 11.9 Å². The number of hydrogen-bond acceptors (Lipinski definition) is 6. The highest BCUT2D eigenvalue weighted by Gasteiger charge is 2.24. The Kier molecular flexibility index (Phi) is 11.0. The largest absolute Gasteiger partial charge is 0.461 e. The molecule has 1 fully saturated rings. The second-order valence-corrected chi connectivity index (χ2v) is 5.28. The minimum atomic E-state index is -0.337. The van der Waals surface area contributed by atoms with Gasteiger partial charge in [0.15, 0.2) is 0 Å². The Morgan fingerprint density at radius 1 is 1.09 bits per heavy atom. The average molecular weight is 327 g/mol. The van der Waals surface area contributed by atoms with Crippen LogP contribution in [-0.4, -0.2) is 62.4 Å². The maximum absolute atomic E-state index is 11.0. The molecule has 0 N–H and O–H groups in total. The molecule has 6 heteroatoms. The number of esters is 2. The summed E-state index contributed by atoms with van der Waals surface area (Å²) >= 11 is 0. The average Bonchev–Trinajstić information content (AvgIpc) is 3.33. The van der Waals surface area contributed by atoms with Gasteiger partial charge in [-0.3, -0.25) is 0 Å². The second-order valence-electron chi connectivity index (χ2n) is 5.28. The van der Waals surface area contributed by atoms with Gasteiger partial charge in [-0.25, -0.2) is 9.59 Å². The van der Waals surface area contributed by atoms with E-state index in [1.807, 2.05) is 0 Å². The molecule has 0 radical (unpaired) electrons. The van der Waals surface area contributed by atoms with Gasteiger partial charge >= 0.3 is 11.9 Å². The van der Waals surface area contributed by atoms with Crippen molar-refractivity contribution in [3.63, 3.8) is 0 Å². The van der Waals surface area contributed by atoms with Crippen LogP contribution in [-0.2, 0) is 23.8 Å². The Labute approximate surface area is 139 Å². The first-order valence-corrected chi connectivity index (χ1v) is 7.80. The van der Waals surface area contributed by atoms with E-state index in [0.717, 1.165) is 19.6 Å². The van der Waals surface area contributed by atoms with Crippen LogP contribution in [0.15, 0.2) is 24.3 Å². The molecule has 1 aliphatic rings. The molecule has 0 spiro atoms. The van der Waals surface area contributed by atoms with Crippen LogP contribution in [0, 0.1) is 0 Å². The molecule has 6 nitrogen and oxygen atoms in total. The molecular weight excluding hydrogens is 298 g/mol. The van der Waals surface area contributed by atoms with Gasteiger partial charge < -0.3 is 19.1 Å². The number of nitrogens with zero attached hydrogens (tertiary/aromatic N) is 1. The summed E-state index contributed by atoms with van der Waals surface area (Å²) in [7, 11) is 0. The number of epoxide rings is 1. The van der Waals surface area contributed by atoms with Crippen molar-refractivity contribution < 1.29 is 23.8 Å². The van der Waals surface area contributed by atoms with Gasteiger partial charge in [0, 0.05) is 17.7 Å². The zero-order valence-electron chi connectivity index (χ0n) is 14.7. The Morgan fingerprint density at radius 3 is 1.96 bits per heavy atom. The highest BCUT2D eigenvalue weighted by molar-refractivity contribution is 5.87. The normalized spacial score (nSPS) is 15.3. The van der Waals surface area contributed by atoms with Crippen molar-refractivity contribution in [3.05, 3.63) is 24.3 Å². The predicted octanol–water partition coefficient (Wildman–Crippen LogP) is 1.95. The Hall–Kier alpha value is -1.66. The maximum Gasteiger partial charge on any atom is 0.333 e. The maximum atomic E-state index is 11.0. The van der Waals surface area contributed by atoms with Crippen molar-refractivity contribution in [3.8, 4) is 0 Å². The van der Waals surface area contributed by atoms with E-state index in [1.165, 1.54) is 0 Å². The molecule has 1 heterocycles. The predicted molar refractivity (Wildman–Crippen MR) is 89.1 cm³/mol. The third-order valence-corrected chi connectivity index (χ3v) is 3.03. The van der Waals surface area contributed by atoms with E-state index in [-0.39, 0.29) is 18.0 Å². The summed E-state index contributed by atoms with van der Waals surface area (Å²) in [6, 6.07) is 0. The summed E-state index contributed by atoms with van der Waals surface area (Å²) in [5, 5.41) is 0. The molecule has 0 saturated carbocycles. The highest BCUT2D eigenvalue weighted by atomic mass is 16.6. The molecule has 0 aliphatic carbocycles. The van der Waals surface area contributed by atoms with Crippen LogP contribution < -0.4 is 0 Å². The molecule has 1 unspecified atom stereocenters. The molecule has 0 amide bonds. The van der Waals surface area contributed by atoms with E-state index in [0.29, 0.717) is 31.0 Å². The highest BCUT2D eigenvalue weighted by Crippen LogP contribution is 2.09. The first-order chi connectivity index (χ1) is 10.8. The third kappa shape index (κ3) is 11.5. The summed E-state index contributed by atoms with van der Waals surface area (Å²) in [4.78, 5) is 23.9. The minimum Gasteiger partial charge on any atom is -0.461 e. The summed E-state index contributed by atoms with van der Waals surface area (Å²) in [6.45, 7) is 18.7. The van der Waals surface area contributed by atoms with Crippen LogP contribution >= 0.6 is 0 Å². The summed E-state index contributed by atoms with van der Waals surface area (Å²) in [6.07, 6.45) is 0.142. The van der Waals surface area contributed by atoms with Gasteiger partial charge in [-0.2, -0.15) is 0 Å². The van der Waals surface area contributed by atoms with E-state index in [4.69, 9.17) is 14.2 Å². The van der Waals surface area contributed by atoms with Gasteiger partial charge in [0.2, 0.25) is 0 Å². The van der Waals surface area contributed by atoms with Crippen molar-refractivity contribution in [2.75, 3.05) is 39.5 Å². The van der Waals surface area contributed by atoms with Gasteiger partial charge in [0.05, 0.1) is 6.61 Å². The van der Waals surface area contributed by atoms with Gasteiger partial charge in [-0.05, 0) is 26.9 Å². The number of rotatable bonds is 9. The topological polar surface area (TPSA) is 68.4 Å². The van der Waals surface area contributed by atoms with Crippen LogP contribution in [0.5, 0.6) is 0 Å². The third-order valence-electron chi connectivity index (χ3n) is 3.03. The van der Waals surface area contributed by atoms with Gasteiger partial charge in [0.1, 0.15) is 19.3 Å². The smallest absolute Gasteiger partial charge is 0.333 e. The molecule has 0 aromatic carbocycles. The van der Waals surface area contributed by atoms with E-state index in [2.05, 4.69) is 31.9 Å². The lowest BCUT2D eigenvalue weighted by atomic mass is 10.4. The van der Waals surface area contributed by atoms with Crippen LogP contribution in [0.25, 0.3) is 0 Å². The molecule has 23 heavy (non-hydrogen) atoms. The lowest BCUT2D eigenvalue weighted by molar-refractivity contribution is -0.140. The van der Waals surface area contributed by atoms with Crippen LogP contribution in [0.2, 0.25) is 0 Å². The lowest BCUT2D eigenvalue weighted by Gasteiger charge is -2.17. The number of carbonyl (C=O) groups excluding carboxylic acids is 2. The fourth-order valence-electron chi connectivity index (χ4n) is 1.39. The van der Waals surface area contributed by atoms with Crippen molar-refractivity contribution in [2.45, 2.75) is 33.8 Å². The molecule has 1 aliphatic heterocycles. The molecule has 132 valence electrons. The molecule has 0 aromatic heterocycles. The zero-order chi connectivity index (χ0) is 17.8. The summed E-state index contributed by atoms with van der Waals surface area (Å²) < 4.78 is 14.6. The first kappa shape index (κ1) is 21.3. The molecule has 1 saturated heterocycles. The van der Waals surface area contributed by atoms with Crippen LogP contribution in [0.4, 0.5) is 0 Å². The van der Waals surface area contributed by atoms with E-state index in [9.17, 15) is 9.59 Å². The monoisotopic (exact) mass is 327 g/mol. The quantitative estimate of drug-likeness (QED) is 0.366. The SMILES string of the molecule is C=C(C)C(=O)OCC1CO1.C=C(C)C(=O)OCCN(CC)CC. The van der Waals surface area contributed by atoms with Gasteiger partial charge in [-0.1, -0.05) is 27.0 Å². The van der Waals surface area contributed by atoms with E-state index >= 15 is 0 Å². The molecule has 1 atom stereocenters. The number of hydrogen-bond donors (Lipinski definition) is 0. The minimum absolute atomic E-state index is 0.142. The van der Waals surface area contributed by atoms with Crippen molar-refractivity contribution in [2.24, 2.45) is 0 Å². The number of carbonyl (C=O) groups is 2. The Morgan fingerprint density at radius 2 is 1.57 bits per heavy atom. The van der Waals surface area contributed by atoms with Gasteiger partial charge in [-0.15, -0.1) is 0 Å². The summed E-state index contributed by atoms with van der Waals surface area (Å²) in [5.41, 5.74) is 0.889. The Bertz CT molecular complexity index is 411. The Balaban J connectivity index is 0.000000433. The fraction of sp³-hybridized carbons (Fsp3) is 0.647. The first-order valence-electron chi connectivity index (χ1n) is 7.80. The van der Waals surface area contributed by atoms with Gasteiger partial charge in [0.25, 0.3) is 0 Å².